The zero-order valence-electron chi connectivity index (χ0n) is 10.6. The molecule has 1 aromatic carbocycles. The van der Waals surface area contributed by atoms with Gasteiger partial charge in [-0.25, -0.2) is 0 Å². The summed E-state index contributed by atoms with van der Waals surface area (Å²) in [6.45, 7) is 3.55. The van der Waals surface area contributed by atoms with Crippen molar-refractivity contribution in [1.29, 1.82) is 0 Å². The SMILES string of the molecule is CC1(C)Oc2ccc(C(F)(F)C(F)(F)F)cc2C2OC21. The Labute approximate surface area is 111 Å². The Morgan fingerprint density at radius 3 is 2.35 bits per heavy atom. The lowest BCUT2D eigenvalue weighted by Gasteiger charge is -2.30. The molecule has 2 atom stereocenters. The molecule has 0 aromatic heterocycles. The lowest BCUT2D eigenvalue weighted by Crippen LogP contribution is -2.38. The van der Waals surface area contributed by atoms with Crippen molar-refractivity contribution in [1.82, 2.24) is 0 Å². The van der Waals surface area contributed by atoms with Gasteiger partial charge in [0.25, 0.3) is 0 Å². The molecular weight excluding hydrogens is 283 g/mol. The Morgan fingerprint density at radius 1 is 1.10 bits per heavy atom. The van der Waals surface area contributed by atoms with Gasteiger partial charge in [-0.1, -0.05) is 0 Å². The standard InChI is InChI=1S/C13H11F5O2/c1-11(2)10-9(19-10)7-5-6(3-4-8(7)20-11)12(14,15)13(16,17)18/h3-5,9-10H,1-2H3. The van der Waals surface area contributed by atoms with E-state index in [0.29, 0.717) is 0 Å². The van der Waals surface area contributed by atoms with Crippen LogP contribution in [0.15, 0.2) is 18.2 Å². The largest absolute Gasteiger partial charge is 0.485 e. The summed E-state index contributed by atoms with van der Waals surface area (Å²) in [5, 5.41) is 0. The van der Waals surface area contributed by atoms with E-state index in [1.165, 1.54) is 0 Å². The zero-order valence-corrected chi connectivity index (χ0v) is 10.6. The van der Waals surface area contributed by atoms with Crippen LogP contribution in [0.4, 0.5) is 22.0 Å². The Morgan fingerprint density at radius 2 is 1.75 bits per heavy atom. The summed E-state index contributed by atoms with van der Waals surface area (Å²) < 4.78 is 74.6. The van der Waals surface area contributed by atoms with Crippen LogP contribution in [0.3, 0.4) is 0 Å². The molecule has 0 N–H and O–H groups in total. The van der Waals surface area contributed by atoms with E-state index in [2.05, 4.69) is 0 Å². The molecule has 1 saturated heterocycles. The number of rotatable bonds is 1. The molecule has 2 nitrogen and oxygen atoms in total. The van der Waals surface area contributed by atoms with Gasteiger partial charge >= 0.3 is 12.1 Å². The molecule has 0 bridgehead atoms. The van der Waals surface area contributed by atoms with Crippen molar-refractivity contribution in [3.63, 3.8) is 0 Å². The number of alkyl halides is 5. The van der Waals surface area contributed by atoms with Crippen LogP contribution in [0.25, 0.3) is 0 Å². The smallest absolute Gasteiger partial charge is 0.458 e. The van der Waals surface area contributed by atoms with Gasteiger partial charge in [0, 0.05) is 11.1 Å². The second-order valence-electron chi connectivity index (χ2n) is 5.51. The number of epoxide rings is 1. The molecule has 2 aliphatic rings. The molecule has 1 aromatic rings. The molecule has 3 rings (SSSR count). The first kappa shape index (κ1) is 13.6. The van der Waals surface area contributed by atoms with Crippen LogP contribution >= 0.6 is 0 Å². The normalized spacial score (nSPS) is 27.4. The topological polar surface area (TPSA) is 21.8 Å². The van der Waals surface area contributed by atoms with Crippen molar-refractivity contribution in [2.45, 2.75) is 43.8 Å². The maximum absolute atomic E-state index is 13.3. The summed E-state index contributed by atoms with van der Waals surface area (Å²) in [6.07, 6.45) is -6.41. The number of hydrogen-bond donors (Lipinski definition) is 0. The summed E-state index contributed by atoms with van der Waals surface area (Å²) in [4.78, 5) is 0. The fourth-order valence-corrected chi connectivity index (χ4v) is 2.44. The van der Waals surface area contributed by atoms with Gasteiger partial charge in [0.15, 0.2) is 0 Å². The van der Waals surface area contributed by atoms with Crippen molar-refractivity contribution >= 4 is 0 Å². The highest BCUT2D eigenvalue weighted by Gasteiger charge is 2.60. The number of benzene rings is 1. The van der Waals surface area contributed by atoms with Crippen molar-refractivity contribution in [3.8, 4) is 5.75 Å². The third kappa shape index (κ3) is 1.79. The minimum absolute atomic E-state index is 0.246. The van der Waals surface area contributed by atoms with Crippen molar-refractivity contribution in [2.75, 3.05) is 0 Å². The number of halogens is 5. The Bertz CT molecular complexity index is 564. The fourth-order valence-electron chi connectivity index (χ4n) is 2.44. The van der Waals surface area contributed by atoms with Crippen LogP contribution in [0, 0.1) is 0 Å². The summed E-state index contributed by atoms with van der Waals surface area (Å²) in [5.74, 6) is -4.60. The van der Waals surface area contributed by atoms with Crippen LogP contribution in [0.1, 0.15) is 31.1 Å². The molecule has 2 heterocycles. The highest BCUT2D eigenvalue weighted by Crippen LogP contribution is 2.55. The van der Waals surface area contributed by atoms with E-state index >= 15 is 0 Å². The van der Waals surface area contributed by atoms with E-state index in [4.69, 9.17) is 9.47 Å². The fraction of sp³-hybridized carbons (Fsp3) is 0.538. The third-order valence-corrected chi connectivity index (χ3v) is 3.58. The van der Waals surface area contributed by atoms with Gasteiger partial charge in [-0.15, -0.1) is 0 Å². The highest BCUT2D eigenvalue weighted by molar-refractivity contribution is 5.46. The van der Waals surface area contributed by atoms with Crippen molar-refractivity contribution in [2.24, 2.45) is 0 Å². The van der Waals surface area contributed by atoms with Gasteiger partial charge in [-0.2, -0.15) is 22.0 Å². The summed E-state index contributed by atoms with van der Waals surface area (Å²) >= 11 is 0. The molecule has 110 valence electrons. The van der Waals surface area contributed by atoms with Gasteiger partial charge < -0.3 is 9.47 Å². The average molecular weight is 294 g/mol. The van der Waals surface area contributed by atoms with Gasteiger partial charge in [-0.3, -0.25) is 0 Å². The molecular formula is C13H11F5O2. The van der Waals surface area contributed by atoms with E-state index in [0.717, 1.165) is 18.2 Å². The second kappa shape index (κ2) is 3.63. The molecule has 7 heteroatoms. The molecule has 0 amide bonds. The van der Waals surface area contributed by atoms with E-state index in [9.17, 15) is 22.0 Å². The van der Waals surface area contributed by atoms with Gasteiger partial charge in [0.05, 0.1) is 0 Å². The monoisotopic (exact) mass is 294 g/mol. The minimum atomic E-state index is -5.63. The predicted molar refractivity (Wildman–Crippen MR) is 58.7 cm³/mol. The molecule has 2 unspecified atom stereocenters. The molecule has 20 heavy (non-hydrogen) atoms. The van der Waals surface area contributed by atoms with Gasteiger partial charge in [0.1, 0.15) is 23.6 Å². The minimum Gasteiger partial charge on any atom is -0.485 e. The quantitative estimate of drug-likeness (QED) is 0.578. The number of hydrogen-bond acceptors (Lipinski definition) is 2. The van der Waals surface area contributed by atoms with Gasteiger partial charge in [-0.05, 0) is 32.0 Å². The molecule has 2 aliphatic heterocycles. The Balaban J connectivity index is 2.02. The van der Waals surface area contributed by atoms with Crippen LogP contribution in [-0.4, -0.2) is 17.9 Å². The first-order valence-electron chi connectivity index (χ1n) is 5.97. The van der Waals surface area contributed by atoms with E-state index in [1.807, 2.05) is 0 Å². The third-order valence-electron chi connectivity index (χ3n) is 3.58. The van der Waals surface area contributed by atoms with Crippen LogP contribution in [0.5, 0.6) is 5.75 Å². The molecule has 0 saturated carbocycles. The van der Waals surface area contributed by atoms with Crippen LogP contribution in [0.2, 0.25) is 0 Å². The summed E-state index contributed by atoms with van der Waals surface area (Å²) in [6, 6.07) is 2.71. The molecule has 0 spiro atoms. The maximum Gasteiger partial charge on any atom is 0.458 e. The van der Waals surface area contributed by atoms with E-state index in [1.54, 1.807) is 13.8 Å². The second-order valence-corrected chi connectivity index (χ2v) is 5.51. The summed E-state index contributed by atoms with van der Waals surface area (Å²) in [7, 11) is 0. The van der Waals surface area contributed by atoms with E-state index in [-0.39, 0.29) is 17.4 Å². The summed E-state index contributed by atoms with van der Waals surface area (Å²) in [5.41, 5.74) is -1.47. The van der Waals surface area contributed by atoms with E-state index < -0.39 is 29.4 Å². The van der Waals surface area contributed by atoms with Crippen molar-refractivity contribution in [3.05, 3.63) is 29.3 Å². The number of fused-ring (bicyclic) bond motifs is 3. The molecule has 0 aliphatic carbocycles. The first-order valence-corrected chi connectivity index (χ1v) is 5.97. The average Bonchev–Trinajstić information content (AvgIpc) is 3.07. The Kier molecular flexibility index (Phi) is 2.47. The van der Waals surface area contributed by atoms with Gasteiger partial charge in [0.2, 0.25) is 0 Å². The molecule has 0 radical (unpaired) electrons. The first-order chi connectivity index (χ1) is 9.04. The predicted octanol–water partition coefficient (Wildman–Crippen LogP) is 3.95. The number of ether oxygens (including phenoxy) is 2. The Hall–Kier alpha value is -1.37. The maximum atomic E-state index is 13.3. The zero-order chi connectivity index (χ0) is 14.9. The van der Waals surface area contributed by atoms with Crippen molar-refractivity contribution < 1.29 is 31.4 Å². The highest BCUT2D eigenvalue weighted by atomic mass is 19.4. The lowest BCUT2D eigenvalue weighted by molar-refractivity contribution is -0.289. The van der Waals surface area contributed by atoms with Crippen LogP contribution in [-0.2, 0) is 10.7 Å². The van der Waals surface area contributed by atoms with Crippen LogP contribution < -0.4 is 4.74 Å². The molecule has 1 fully saturated rings. The lowest BCUT2D eigenvalue weighted by atomic mass is 9.92.